The van der Waals surface area contributed by atoms with Gasteiger partial charge in [-0.15, -0.1) is 24.2 Å². The van der Waals surface area contributed by atoms with Gasteiger partial charge in [-0.2, -0.15) is 0 Å². The summed E-state index contributed by atoms with van der Waals surface area (Å²) >= 11 is 1.43. The third-order valence-electron chi connectivity index (χ3n) is 2.66. The number of rotatable bonds is 7. The Morgan fingerprint density at radius 2 is 2.21 bits per heavy atom. The van der Waals surface area contributed by atoms with E-state index in [1.54, 1.807) is 0 Å². The van der Waals surface area contributed by atoms with Crippen LogP contribution in [-0.4, -0.2) is 55.8 Å². The number of carbonyl (C=O) groups is 2. The number of carbonyl (C=O) groups excluding carboxylic acids is 2. The minimum absolute atomic E-state index is 0. The Morgan fingerprint density at radius 1 is 1.47 bits per heavy atom. The number of nitrogens with one attached hydrogen (secondary N) is 1. The predicted molar refractivity (Wildman–Crippen MR) is 76.5 cm³/mol. The highest BCUT2D eigenvalue weighted by atomic mass is 35.5. The summed E-state index contributed by atoms with van der Waals surface area (Å²) in [5, 5.41) is 2.78. The van der Waals surface area contributed by atoms with Crippen LogP contribution in [-0.2, 0) is 19.1 Å². The number of halogens is 1. The van der Waals surface area contributed by atoms with Gasteiger partial charge in [0.15, 0.2) is 0 Å². The molecule has 0 saturated carbocycles. The van der Waals surface area contributed by atoms with Crippen molar-refractivity contribution in [3.63, 3.8) is 0 Å². The number of ether oxygens (including phenoxy) is 2. The highest BCUT2D eigenvalue weighted by Crippen LogP contribution is 2.18. The Kier molecular flexibility index (Phi) is 10.0. The predicted octanol–water partition coefficient (Wildman–Crippen LogP) is -0.0631. The topological polar surface area (TPSA) is 90.7 Å². The van der Waals surface area contributed by atoms with E-state index in [1.807, 2.05) is 0 Å². The molecule has 2 atom stereocenters. The Balaban J connectivity index is 0.00000324. The van der Waals surface area contributed by atoms with E-state index in [9.17, 15) is 9.59 Å². The fraction of sp³-hybridized carbons (Fsp3) is 0.818. The van der Waals surface area contributed by atoms with Crippen LogP contribution < -0.4 is 11.1 Å². The zero-order valence-corrected chi connectivity index (χ0v) is 12.6. The largest absolute Gasteiger partial charge is 0.468 e. The third kappa shape index (κ3) is 7.00. The van der Waals surface area contributed by atoms with Crippen LogP contribution in [0, 0.1) is 0 Å². The second-order valence-electron chi connectivity index (χ2n) is 3.98. The van der Waals surface area contributed by atoms with E-state index in [-0.39, 0.29) is 36.5 Å². The molecule has 19 heavy (non-hydrogen) atoms. The Morgan fingerprint density at radius 3 is 2.79 bits per heavy atom. The molecule has 1 aliphatic rings. The summed E-state index contributed by atoms with van der Waals surface area (Å²) in [6, 6.07) is 0. The second kappa shape index (κ2) is 10.3. The first-order chi connectivity index (χ1) is 8.67. The van der Waals surface area contributed by atoms with Crippen molar-refractivity contribution in [2.45, 2.75) is 25.0 Å². The van der Waals surface area contributed by atoms with E-state index in [2.05, 4.69) is 10.1 Å². The van der Waals surface area contributed by atoms with Gasteiger partial charge in [-0.25, -0.2) is 0 Å². The van der Waals surface area contributed by atoms with Crippen LogP contribution >= 0.6 is 24.2 Å². The van der Waals surface area contributed by atoms with Gasteiger partial charge in [0.05, 0.1) is 19.0 Å². The van der Waals surface area contributed by atoms with Crippen molar-refractivity contribution in [2.24, 2.45) is 5.73 Å². The number of thioether (sulfide) groups is 1. The average Bonchev–Trinajstić information content (AvgIpc) is 2.86. The minimum Gasteiger partial charge on any atom is -0.468 e. The van der Waals surface area contributed by atoms with E-state index < -0.39 is 0 Å². The summed E-state index contributed by atoms with van der Waals surface area (Å²) in [6.07, 6.45) is 1.20. The van der Waals surface area contributed by atoms with E-state index >= 15 is 0 Å². The molecule has 1 heterocycles. The van der Waals surface area contributed by atoms with Crippen LogP contribution in [0.25, 0.3) is 0 Å². The molecule has 0 aromatic carbocycles. The first-order valence-electron chi connectivity index (χ1n) is 5.95. The molecule has 1 saturated heterocycles. The lowest BCUT2D eigenvalue weighted by atomic mass is 10.2. The molecular formula is C11H21ClN2O4S. The van der Waals surface area contributed by atoms with Gasteiger partial charge in [-0.1, -0.05) is 0 Å². The van der Waals surface area contributed by atoms with Gasteiger partial charge in [-0.3, -0.25) is 9.59 Å². The van der Waals surface area contributed by atoms with Crippen LogP contribution in [0.1, 0.15) is 12.8 Å². The van der Waals surface area contributed by atoms with Gasteiger partial charge in [0.25, 0.3) is 0 Å². The van der Waals surface area contributed by atoms with Gasteiger partial charge in [0.1, 0.15) is 6.10 Å². The number of hydrogen-bond acceptors (Lipinski definition) is 6. The number of esters is 1. The summed E-state index contributed by atoms with van der Waals surface area (Å²) in [7, 11) is 1.36. The lowest BCUT2D eigenvalue weighted by molar-refractivity contribution is -0.137. The standard InChI is InChI=1S/C11H20N2O4S.ClH/c1-16-10(14)7-18-5-4-13-11(15)9-3-2-8(6-12)17-9;/h8-9H,2-7,12H2,1H3,(H,13,15);1H/t8-,9+;/m1./s1. The maximum atomic E-state index is 11.7. The average molecular weight is 313 g/mol. The maximum absolute atomic E-state index is 11.7. The van der Waals surface area contributed by atoms with Gasteiger partial charge < -0.3 is 20.5 Å². The van der Waals surface area contributed by atoms with Gasteiger partial charge in [0.2, 0.25) is 5.91 Å². The van der Waals surface area contributed by atoms with Crippen LogP contribution in [0.2, 0.25) is 0 Å². The zero-order valence-electron chi connectivity index (χ0n) is 10.9. The fourth-order valence-corrected chi connectivity index (χ4v) is 2.32. The molecule has 3 N–H and O–H groups in total. The van der Waals surface area contributed by atoms with Crippen LogP contribution in [0.4, 0.5) is 0 Å². The van der Waals surface area contributed by atoms with E-state index in [0.717, 1.165) is 12.8 Å². The van der Waals surface area contributed by atoms with Gasteiger partial charge >= 0.3 is 5.97 Å². The van der Waals surface area contributed by atoms with Crippen LogP contribution in [0.15, 0.2) is 0 Å². The molecule has 0 radical (unpaired) electrons. The van der Waals surface area contributed by atoms with E-state index in [4.69, 9.17) is 10.5 Å². The lowest BCUT2D eigenvalue weighted by Gasteiger charge is -2.12. The summed E-state index contributed by atoms with van der Waals surface area (Å²) in [4.78, 5) is 22.5. The number of methoxy groups -OCH3 is 1. The first-order valence-corrected chi connectivity index (χ1v) is 7.10. The van der Waals surface area contributed by atoms with Crippen molar-refractivity contribution < 1.29 is 19.1 Å². The summed E-state index contributed by atoms with van der Waals surface area (Å²) in [5.74, 6) is 0.635. The van der Waals surface area contributed by atoms with Gasteiger partial charge in [0, 0.05) is 18.8 Å². The molecule has 0 aromatic rings. The summed E-state index contributed by atoms with van der Waals surface area (Å²) < 4.78 is 9.97. The van der Waals surface area contributed by atoms with Crippen molar-refractivity contribution >= 4 is 36.0 Å². The van der Waals surface area contributed by atoms with Crippen LogP contribution in [0.5, 0.6) is 0 Å². The number of hydrogen-bond donors (Lipinski definition) is 2. The van der Waals surface area contributed by atoms with Crippen molar-refractivity contribution in [2.75, 3.05) is 31.7 Å². The smallest absolute Gasteiger partial charge is 0.315 e. The first kappa shape index (κ1) is 18.5. The number of amides is 1. The zero-order chi connectivity index (χ0) is 13.4. The quantitative estimate of drug-likeness (QED) is 0.505. The third-order valence-corrected chi connectivity index (χ3v) is 3.59. The van der Waals surface area contributed by atoms with Crippen molar-refractivity contribution in [3.05, 3.63) is 0 Å². The molecule has 0 bridgehead atoms. The molecule has 1 rings (SSSR count). The summed E-state index contributed by atoms with van der Waals surface area (Å²) in [5.41, 5.74) is 5.47. The molecule has 8 heteroatoms. The Labute approximate surface area is 123 Å². The molecule has 0 unspecified atom stereocenters. The van der Waals surface area contributed by atoms with Gasteiger partial charge in [-0.05, 0) is 12.8 Å². The Bertz CT molecular complexity index is 294. The molecule has 6 nitrogen and oxygen atoms in total. The normalized spacial score (nSPS) is 21.6. The molecule has 1 amide bonds. The minimum atomic E-state index is -0.371. The molecule has 0 aliphatic carbocycles. The highest BCUT2D eigenvalue weighted by Gasteiger charge is 2.29. The fourth-order valence-electron chi connectivity index (χ4n) is 1.65. The van der Waals surface area contributed by atoms with Crippen molar-refractivity contribution in [1.82, 2.24) is 5.32 Å². The SMILES string of the molecule is COC(=O)CSCCNC(=O)[C@@H]1CC[C@H](CN)O1.Cl. The van der Waals surface area contributed by atoms with Crippen molar-refractivity contribution in [3.8, 4) is 0 Å². The van der Waals surface area contributed by atoms with Crippen molar-refractivity contribution in [1.29, 1.82) is 0 Å². The van der Waals surface area contributed by atoms with E-state index in [1.165, 1.54) is 18.9 Å². The monoisotopic (exact) mass is 312 g/mol. The molecule has 0 aromatic heterocycles. The molecular weight excluding hydrogens is 292 g/mol. The molecule has 0 spiro atoms. The summed E-state index contributed by atoms with van der Waals surface area (Å²) in [6.45, 7) is 0.979. The number of nitrogens with two attached hydrogens (primary N) is 1. The highest BCUT2D eigenvalue weighted by molar-refractivity contribution is 7.99. The Hall–Kier alpha value is -0.500. The molecule has 112 valence electrons. The lowest BCUT2D eigenvalue weighted by Crippen LogP contribution is -2.36. The van der Waals surface area contributed by atoms with E-state index in [0.29, 0.717) is 24.6 Å². The van der Waals surface area contributed by atoms with Crippen LogP contribution in [0.3, 0.4) is 0 Å². The maximum Gasteiger partial charge on any atom is 0.315 e. The second-order valence-corrected chi connectivity index (χ2v) is 5.08. The molecule has 1 fully saturated rings. The molecule has 1 aliphatic heterocycles.